The average molecular weight is 234 g/mol. The predicted molar refractivity (Wildman–Crippen MR) is 68.8 cm³/mol. The molecule has 0 saturated carbocycles. The van der Waals surface area contributed by atoms with Crippen LogP contribution >= 0.6 is 0 Å². The van der Waals surface area contributed by atoms with Gasteiger partial charge in [-0.1, -0.05) is 26.0 Å². The molecule has 1 spiro atoms. The van der Waals surface area contributed by atoms with Crippen LogP contribution in [-0.2, 0) is 9.53 Å². The fourth-order valence-electron chi connectivity index (χ4n) is 2.59. The first-order chi connectivity index (χ1) is 8.13. The number of allylic oxidation sites excluding steroid dienone is 1. The van der Waals surface area contributed by atoms with Crippen molar-refractivity contribution in [2.24, 2.45) is 5.92 Å². The zero-order valence-electron chi connectivity index (χ0n) is 10.8. The van der Waals surface area contributed by atoms with Crippen molar-refractivity contribution < 1.29 is 9.53 Å². The SMILES string of the molecule is CC(C)[C@H]1O[C@@]2(C=CC1=O)C/C=C\CCCC2. The lowest BCUT2D eigenvalue weighted by Gasteiger charge is -2.38. The van der Waals surface area contributed by atoms with Crippen molar-refractivity contribution in [3.63, 3.8) is 0 Å². The highest BCUT2D eigenvalue weighted by Crippen LogP contribution is 2.34. The molecule has 0 aromatic heterocycles. The largest absolute Gasteiger partial charge is 0.359 e. The molecule has 0 unspecified atom stereocenters. The van der Waals surface area contributed by atoms with Gasteiger partial charge in [0.15, 0.2) is 5.78 Å². The zero-order valence-corrected chi connectivity index (χ0v) is 10.8. The first-order valence-corrected chi connectivity index (χ1v) is 6.69. The molecule has 0 N–H and O–H groups in total. The Balaban J connectivity index is 2.19. The number of hydrogen-bond donors (Lipinski definition) is 0. The smallest absolute Gasteiger partial charge is 0.184 e. The summed E-state index contributed by atoms with van der Waals surface area (Å²) in [6.45, 7) is 4.10. The van der Waals surface area contributed by atoms with E-state index < -0.39 is 0 Å². The third-order valence-corrected chi connectivity index (χ3v) is 3.65. The van der Waals surface area contributed by atoms with Gasteiger partial charge in [-0.05, 0) is 50.2 Å². The maximum atomic E-state index is 11.8. The predicted octanol–water partition coefficient (Wildman–Crippen LogP) is 3.43. The van der Waals surface area contributed by atoms with E-state index in [2.05, 4.69) is 12.2 Å². The Bertz CT molecular complexity index is 341. The van der Waals surface area contributed by atoms with Gasteiger partial charge in [-0.25, -0.2) is 0 Å². The van der Waals surface area contributed by atoms with Crippen LogP contribution in [0.3, 0.4) is 0 Å². The second kappa shape index (κ2) is 5.18. The lowest BCUT2D eigenvalue weighted by atomic mass is 9.85. The van der Waals surface area contributed by atoms with Gasteiger partial charge in [0, 0.05) is 0 Å². The van der Waals surface area contributed by atoms with Crippen molar-refractivity contribution >= 4 is 5.78 Å². The molecule has 0 amide bonds. The Kier molecular flexibility index (Phi) is 3.82. The van der Waals surface area contributed by atoms with Gasteiger partial charge >= 0.3 is 0 Å². The summed E-state index contributed by atoms with van der Waals surface area (Å²) in [6, 6.07) is 0. The molecule has 0 aromatic rings. The number of ether oxygens (including phenoxy) is 1. The number of ketones is 1. The summed E-state index contributed by atoms with van der Waals surface area (Å²) in [5.41, 5.74) is -0.222. The van der Waals surface area contributed by atoms with Gasteiger partial charge in [0.1, 0.15) is 6.10 Å². The monoisotopic (exact) mass is 234 g/mol. The summed E-state index contributed by atoms with van der Waals surface area (Å²) in [7, 11) is 0. The van der Waals surface area contributed by atoms with E-state index in [0.717, 1.165) is 12.8 Å². The second-order valence-corrected chi connectivity index (χ2v) is 5.50. The summed E-state index contributed by atoms with van der Waals surface area (Å²) in [5.74, 6) is 0.371. The van der Waals surface area contributed by atoms with E-state index >= 15 is 0 Å². The first-order valence-electron chi connectivity index (χ1n) is 6.69. The van der Waals surface area contributed by atoms with Crippen molar-refractivity contribution in [1.29, 1.82) is 0 Å². The quantitative estimate of drug-likeness (QED) is 0.650. The summed E-state index contributed by atoms with van der Waals surface area (Å²) in [5, 5.41) is 0. The van der Waals surface area contributed by atoms with Crippen LogP contribution in [-0.4, -0.2) is 17.5 Å². The fraction of sp³-hybridized carbons (Fsp3) is 0.667. The molecule has 0 saturated heterocycles. The maximum Gasteiger partial charge on any atom is 0.184 e. The third-order valence-electron chi connectivity index (χ3n) is 3.65. The van der Waals surface area contributed by atoms with Gasteiger partial charge in [-0.2, -0.15) is 0 Å². The molecule has 1 aliphatic carbocycles. The Labute approximate surface area is 104 Å². The van der Waals surface area contributed by atoms with Gasteiger partial charge in [0.2, 0.25) is 0 Å². The second-order valence-electron chi connectivity index (χ2n) is 5.50. The molecule has 2 atom stereocenters. The van der Waals surface area contributed by atoms with E-state index in [9.17, 15) is 4.79 Å². The Hall–Kier alpha value is -0.890. The highest BCUT2D eigenvalue weighted by molar-refractivity contribution is 5.94. The van der Waals surface area contributed by atoms with Crippen molar-refractivity contribution in [3.05, 3.63) is 24.3 Å². The van der Waals surface area contributed by atoms with Crippen LogP contribution in [0.25, 0.3) is 0 Å². The van der Waals surface area contributed by atoms with E-state index in [1.165, 1.54) is 19.3 Å². The molecule has 2 heteroatoms. The van der Waals surface area contributed by atoms with Crippen molar-refractivity contribution in [2.45, 2.75) is 57.7 Å². The minimum Gasteiger partial charge on any atom is -0.359 e. The molecule has 2 rings (SSSR count). The average Bonchev–Trinajstić information content (AvgIpc) is 2.26. The Morgan fingerprint density at radius 2 is 2.18 bits per heavy atom. The molecular weight excluding hydrogens is 212 g/mol. The minimum absolute atomic E-state index is 0.122. The van der Waals surface area contributed by atoms with Crippen LogP contribution in [0.15, 0.2) is 24.3 Å². The highest BCUT2D eigenvalue weighted by Gasteiger charge is 2.37. The van der Waals surface area contributed by atoms with E-state index in [-0.39, 0.29) is 23.4 Å². The normalized spacial score (nSPS) is 35.9. The molecule has 0 bridgehead atoms. The van der Waals surface area contributed by atoms with Crippen molar-refractivity contribution in [2.75, 3.05) is 0 Å². The topological polar surface area (TPSA) is 26.3 Å². The van der Waals surface area contributed by atoms with Crippen LogP contribution in [0, 0.1) is 5.92 Å². The van der Waals surface area contributed by atoms with Crippen molar-refractivity contribution in [3.8, 4) is 0 Å². The Morgan fingerprint density at radius 1 is 1.35 bits per heavy atom. The number of carbonyl (C=O) groups is 1. The number of rotatable bonds is 1. The van der Waals surface area contributed by atoms with Crippen LogP contribution in [0.4, 0.5) is 0 Å². The third kappa shape index (κ3) is 2.86. The number of hydrogen-bond acceptors (Lipinski definition) is 2. The van der Waals surface area contributed by atoms with Crippen molar-refractivity contribution in [1.82, 2.24) is 0 Å². The summed E-state index contributed by atoms with van der Waals surface area (Å²) < 4.78 is 6.14. The molecule has 0 radical (unpaired) electrons. The molecule has 94 valence electrons. The molecule has 2 aliphatic rings. The first kappa shape index (κ1) is 12.6. The summed E-state index contributed by atoms with van der Waals surface area (Å²) >= 11 is 0. The minimum atomic E-state index is -0.257. The van der Waals surface area contributed by atoms with Crippen LogP contribution in [0.5, 0.6) is 0 Å². The lowest BCUT2D eigenvalue weighted by molar-refractivity contribution is -0.145. The van der Waals surface area contributed by atoms with Gasteiger partial charge in [0.25, 0.3) is 0 Å². The molecule has 0 fully saturated rings. The van der Waals surface area contributed by atoms with E-state index in [4.69, 9.17) is 4.74 Å². The fourth-order valence-corrected chi connectivity index (χ4v) is 2.59. The van der Waals surface area contributed by atoms with Gasteiger partial charge in [-0.15, -0.1) is 0 Å². The number of carbonyl (C=O) groups excluding carboxylic acids is 1. The molecule has 1 aliphatic heterocycles. The standard InChI is InChI=1S/C15H22O2/c1-12(2)14-13(16)8-11-15(17-14)9-6-4-3-5-7-10-15/h4,6,8,11-12,14H,3,5,7,9-10H2,1-2H3/b6-4-/t14-,15+/m1/s1. The van der Waals surface area contributed by atoms with Crippen LogP contribution in [0.1, 0.15) is 46.0 Å². The molecule has 2 nitrogen and oxygen atoms in total. The van der Waals surface area contributed by atoms with E-state index in [1.807, 2.05) is 19.9 Å². The maximum absolute atomic E-state index is 11.8. The van der Waals surface area contributed by atoms with E-state index in [1.54, 1.807) is 6.08 Å². The van der Waals surface area contributed by atoms with Gasteiger partial charge in [-0.3, -0.25) is 4.79 Å². The van der Waals surface area contributed by atoms with Crippen LogP contribution in [0.2, 0.25) is 0 Å². The molecule has 0 aromatic carbocycles. The molecular formula is C15H22O2. The van der Waals surface area contributed by atoms with Gasteiger partial charge < -0.3 is 4.74 Å². The zero-order chi connectivity index (χ0) is 12.3. The molecule has 1 heterocycles. The van der Waals surface area contributed by atoms with Gasteiger partial charge in [0.05, 0.1) is 5.60 Å². The van der Waals surface area contributed by atoms with E-state index in [0.29, 0.717) is 0 Å². The summed E-state index contributed by atoms with van der Waals surface area (Å²) in [6.07, 6.45) is 13.4. The van der Waals surface area contributed by atoms with Crippen LogP contribution < -0.4 is 0 Å². The molecule has 17 heavy (non-hydrogen) atoms. The highest BCUT2D eigenvalue weighted by atomic mass is 16.5. The lowest BCUT2D eigenvalue weighted by Crippen LogP contribution is -2.44. The Morgan fingerprint density at radius 3 is 2.94 bits per heavy atom. The summed E-state index contributed by atoms with van der Waals surface area (Å²) in [4.78, 5) is 11.8.